The van der Waals surface area contributed by atoms with Crippen LogP contribution in [0.4, 0.5) is 0 Å². The van der Waals surface area contributed by atoms with Crippen LogP contribution < -0.4 is 0 Å². The van der Waals surface area contributed by atoms with Crippen molar-refractivity contribution >= 4 is 27.8 Å². The molecule has 0 bridgehead atoms. The molecule has 1 aromatic rings. The molecular formula is C14H17BrN2O3. The standard InChI is InChI=1S/C14H17BrN2O3/c1-8(2)7-17-12(18)4-11(14(19)20)13(17)9-3-10(15)6-16-5-9/h3,5-6,8,11,13H,4,7H2,1-2H3,(H,19,20). The zero-order chi connectivity index (χ0) is 14.9. The van der Waals surface area contributed by atoms with Crippen molar-refractivity contribution in [3.05, 3.63) is 28.5 Å². The molecule has 1 aliphatic heterocycles. The molecule has 1 aromatic heterocycles. The van der Waals surface area contributed by atoms with Crippen LogP contribution in [0.1, 0.15) is 31.9 Å². The maximum Gasteiger partial charge on any atom is 0.309 e. The average molecular weight is 341 g/mol. The van der Waals surface area contributed by atoms with Crippen molar-refractivity contribution in [1.29, 1.82) is 0 Å². The van der Waals surface area contributed by atoms with Crippen LogP contribution in [0, 0.1) is 11.8 Å². The van der Waals surface area contributed by atoms with Gasteiger partial charge in [0.15, 0.2) is 0 Å². The summed E-state index contributed by atoms with van der Waals surface area (Å²) in [5, 5.41) is 9.37. The number of aliphatic carboxylic acids is 1. The number of aromatic nitrogens is 1. The zero-order valence-electron chi connectivity index (χ0n) is 11.4. The van der Waals surface area contributed by atoms with E-state index in [1.165, 1.54) is 0 Å². The number of halogens is 1. The normalized spacial score (nSPS) is 22.6. The highest BCUT2D eigenvalue weighted by Gasteiger charge is 2.44. The average Bonchev–Trinajstić information content (AvgIpc) is 2.66. The Balaban J connectivity index is 2.40. The Morgan fingerprint density at radius 2 is 2.25 bits per heavy atom. The number of likely N-dealkylation sites (tertiary alicyclic amines) is 1. The summed E-state index contributed by atoms with van der Waals surface area (Å²) in [5.74, 6) is -1.46. The third-order valence-corrected chi connectivity index (χ3v) is 3.81. The number of rotatable bonds is 4. The molecule has 20 heavy (non-hydrogen) atoms. The van der Waals surface area contributed by atoms with Crippen LogP contribution in [0.3, 0.4) is 0 Å². The lowest BCUT2D eigenvalue weighted by Crippen LogP contribution is -2.33. The molecule has 1 N–H and O–H groups in total. The van der Waals surface area contributed by atoms with E-state index in [0.29, 0.717) is 6.54 Å². The van der Waals surface area contributed by atoms with Crippen molar-refractivity contribution < 1.29 is 14.7 Å². The Labute approximate surface area is 126 Å². The van der Waals surface area contributed by atoms with Gasteiger partial charge in [0.25, 0.3) is 0 Å². The van der Waals surface area contributed by atoms with E-state index >= 15 is 0 Å². The van der Waals surface area contributed by atoms with E-state index in [-0.39, 0.29) is 18.2 Å². The summed E-state index contributed by atoms with van der Waals surface area (Å²) in [6, 6.07) is 1.40. The minimum Gasteiger partial charge on any atom is -0.481 e. The summed E-state index contributed by atoms with van der Waals surface area (Å²) in [7, 11) is 0. The monoisotopic (exact) mass is 340 g/mol. The topological polar surface area (TPSA) is 70.5 Å². The van der Waals surface area contributed by atoms with Gasteiger partial charge in [-0.05, 0) is 33.5 Å². The van der Waals surface area contributed by atoms with Gasteiger partial charge in [0.2, 0.25) is 5.91 Å². The van der Waals surface area contributed by atoms with Gasteiger partial charge in [-0.25, -0.2) is 0 Å². The smallest absolute Gasteiger partial charge is 0.309 e. The molecule has 5 nitrogen and oxygen atoms in total. The Morgan fingerprint density at radius 3 is 2.80 bits per heavy atom. The van der Waals surface area contributed by atoms with Crippen LogP contribution in [-0.4, -0.2) is 33.4 Å². The van der Waals surface area contributed by atoms with E-state index in [1.54, 1.807) is 17.3 Å². The number of carboxylic acids is 1. The summed E-state index contributed by atoms with van der Waals surface area (Å²) >= 11 is 3.34. The molecule has 0 aromatic carbocycles. The molecule has 0 aliphatic carbocycles. The number of hydrogen-bond acceptors (Lipinski definition) is 3. The SMILES string of the molecule is CC(C)CN1C(=O)CC(C(=O)O)C1c1cncc(Br)c1. The maximum absolute atomic E-state index is 12.1. The molecule has 1 aliphatic rings. The Morgan fingerprint density at radius 1 is 1.55 bits per heavy atom. The summed E-state index contributed by atoms with van der Waals surface area (Å²) in [5.41, 5.74) is 0.762. The Kier molecular flexibility index (Phi) is 4.42. The largest absolute Gasteiger partial charge is 0.481 e. The molecule has 0 saturated carbocycles. The number of carboxylic acid groups (broad SMARTS) is 1. The van der Waals surface area contributed by atoms with Crippen LogP contribution in [0.5, 0.6) is 0 Å². The lowest BCUT2D eigenvalue weighted by Gasteiger charge is -2.28. The minimum atomic E-state index is -0.936. The molecule has 1 amide bonds. The molecule has 108 valence electrons. The van der Waals surface area contributed by atoms with E-state index in [1.807, 2.05) is 19.9 Å². The van der Waals surface area contributed by atoms with Gasteiger partial charge in [0.1, 0.15) is 0 Å². The van der Waals surface area contributed by atoms with Gasteiger partial charge >= 0.3 is 5.97 Å². The third kappa shape index (κ3) is 3.00. The molecule has 1 fully saturated rings. The second kappa shape index (κ2) is 5.91. The molecule has 2 atom stereocenters. The molecule has 6 heteroatoms. The van der Waals surface area contributed by atoms with Gasteiger partial charge in [0, 0.05) is 29.8 Å². The van der Waals surface area contributed by atoms with Gasteiger partial charge in [0.05, 0.1) is 12.0 Å². The van der Waals surface area contributed by atoms with Gasteiger partial charge in [-0.1, -0.05) is 13.8 Å². The van der Waals surface area contributed by atoms with Gasteiger partial charge in [-0.15, -0.1) is 0 Å². The van der Waals surface area contributed by atoms with E-state index in [4.69, 9.17) is 0 Å². The molecule has 2 heterocycles. The number of pyridine rings is 1. The lowest BCUT2D eigenvalue weighted by atomic mass is 9.94. The second-order valence-corrected chi connectivity index (χ2v) is 6.39. The van der Waals surface area contributed by atoms with Crippen LogP contribution in [0.15, 0.2) is 22.9 Å². The minimum absolute atomic E-state index is 0.0548. The van der Waals surface area contributed by atoms with E-state index < -0.39 is 17.9 Å². The molecule has 1 saturated heterocycles. The first-order valence-electron chi connectivity index (χ1n) is 6.53. The number of carbonyl (C=O) groups excluding carboxylic acids is 1. The van der Waals surface area contributed by atoms with Crippen LogP contribution in [-0.2, 0) is 9.59 Å². The molecule has 2 unspecified atom stereocenters. The lowest BCUT2D eigenvalue weighted by molar-refractivity contribution is -0.142. The number of amides is 1. The predicted octanol–water partition coefficient (Wildman–Crippen LogP) is 2.47. The van der Waals surface area contributed by atoms with Crippen LogP contribution in [0.25, 0.3) is 0 Å². The highest BCUT2D eigenvalue weighted by molar-refractivity contribution is 9.10. The summed E-state index contributed by atoms with van der Waals surface area (Å²) < 4.78 is 0.781. The first-order chi connectivity index (χ1) is 9.40. The zero-order valence-corrected chi connectivity index (χ0v) is 13.0. The fraction of sp³-hybridized carbons (Fsp3) is 0.500. The third-order valence-electron chi connectivity index (χ3n) is 3.38. The highest BCUT2D eigenvalue weighted by Crippen LogP contribution is 2.39. The van der Waals surface area contributed by atoms with Gasteiger partial charge in [-0.3, -0.25) is 14.6 Å². The van der Waals surface area contributed by atoms with Crippen molar-refractivity contribution in [3.8, 4) is 0 Å². The molecule has 0 spiro atoms. The van der Waals surface area contributed by atoms with Crippen molar-refractivity contribution in [3.63, 3.8) is 0 Å². The van der Waals surface area contributed by atoms with Crippen LogP contribution in [0.2, 0.25) is 0 Å². The number of carbonyl (C=O) groups is 2. The number of hydrogen-bond donors (Lipinski definition) is 1. The highest BCUT2D eigenvalue weighted by atomic mass is 79.9. The molecule has 2 rings (SSSR count). The van der Waals surface area contributed by atoms with Crippen LogP contribution >= 0.6 is 15.9 Å². The van der Waals surface area contributed by atoms with Gasteiger partial charge in [-0.2, -0.15) is 0 Å². The molecular weight excluding hydrogens is 324 g/mol. The Bertz CT molecular complexity index is 533. The van der Waals surface area contributed by atoms with Crippen molar-refractivity contribution in [2.75, 3.05) is 6.54 Å². The number of nitrogens with zero attached hydrogens (tertiary/aromatic N) is 2. The molecule has 0 radical (unpaired) electrons. The van der Waals surface area contributed by atoms with E-state index in [2.05, 4.69) is 20.9 Å². The van der Waals surface area contributed by atoms with Crippen molar-refractivity contribution in [2.45, 2.75) is 26.3 Å². The Hall–Kier alpha value is -1.43. The van der Waals surface area contributed by atoms with E-state index in [0.717, 1.165) is 10.0 Å². The van der Waals surface area contributed by atoms with Crippen molar-refractivity contribution in [1.82, 2.24) is 9.88 Å². The first-order valence-corrected chi connectivity index (χ1v) is 7.32. The maximum atomic E-state index is 12.1. The van der Waals surface area contributed by atoms with Crippen molar-refractivity contribution in [2.24, 2.45) is 11.8 Å². The summed E-state index contributed by atoms with van der Waals surface area (Å²) in [6.07, 6.45) is 3.33. The quantitative estimate of drug-likeness (QED) is 0.913. The second-order valence-electron chi connectivity index (χ2n) is 5.47. The fourth-order valence-electron chi connectivity index (χ4n) is 2.62. The predicted molar refractivity (Wildman–Crippen MR) is 77.0 cm³/mol. The van der Waals surface area contributed by atoms with E-state index in [9.17, 15) is 14.7 Å². The fourth-order valence-corrected chi connectivity index (χ4v) is 3.01. The summed E-state index contributed by atoms with van der Waals surface area (Å²) in [4.78, 5) is 29.3. The first kappa shape index (κ1) is 15.0. The summed E-state index contributed by atoms with van der Waals surface area (Å²) in [6.45, 7) is 4.58. The van der Waals surface area contributed by atoms with Gasteiger partial charge < -0.3 is 10.0 Å².